The van der Waals surface area contributed by atoms with Gasteiger partial charge >= 0.3 is 0 Å². The van der Waals surface area contributed by atoms with E-state index >= 15 is 0 Å². The highest BCUT2D eigenvalue weighted by Crippen LogP contribution is 2.21. The van der Waals surface area contributed by atoms with Crippen molar-refractivity contribution in [3.05, 3.63) is 84.2 Å². The first-order valence-electron chi connectivity index (χ1n) is 8.24. The van der Waals surface area contributed by atoms with Crippen molar-refractivity contribution in [2.45, 2.75) is 0 Å². The van der Waals surface area contributed by atoms with Gasteiger partial charge in [-0.3, -0.25) is 0 Å². The molecule has 4 rings (SSSR count). The lowest BCUT2D eigenvalue weighted by atomic mass is 10.2. The van der Waals surface area contributed by atoms with Crippen LogP contribution in [0.3, 0.4) is 0 Å². The maximum Gasteiger partial charge on any atom is 0.188 e. The maximum atomic E-state index is 14.1. The zero-order chi connectivity index (χ0) is 17.8. The second kappa shape index (κ2) is 7.14. The molecule has 0 radical (unpaired) electrons. The molecular weight excluding hydrogens is 329 g/mol. The second-order valence-electron chi connectivity index (χ2n) is 5.69. The summed E-state index contributed by atoms with van der Waals surface area (Å²) in [5, 5.41) is 15.8. The van der Waals surface area contributed by atoms with Crippen molar-refractivity contribution >= 4 is 17.5 Å². The number of rotatable bonds is 5. The first-order valence-corrected chi connectivity index (χ1v) is 8.24. The van der Waals surface area contributed by atoms with Gasteiger partial charge in [-0.1, -0.05) is 54.6 Å². The average molecular weight is 345 g/mol. The highest BCUT2D eigenvalue weighted by Gasteiger charge is 2.13. The van der Waals surface area contributed by atoms with Gasteiger partial charge in [-0.15, -0.1) is 15.3 Å². The molecule has 0 atom stereocenters. The molecule has 0 aliphatic carbocycles. The first kappa shape index (κ1) is 16.0. The summed E-state index contributed by atoms with van der Waals surface area (Å²) < 4.78 is 15.6. The molecule has 0 unspecified atom stereocenters. The zero-order valence-corrected chi connectivity index (χ0v) is 13.9. The fraction of sp³-hybridized carbons (Fsp3) is 0.0500. The number of nitrogens with one attached hydrogen (secondary N) is 1. The largest absolute Gasteiger partial charge is 0.365 e. The number of halogens is 1. The lowest BCUT2D eigenvalue weighted by Gasteiger charge is -2.04. The molecule has 6 heteroatoms. The maximum absolute atomic E-state index is 14.1. The summed E-state index contributed by atoms with van der Waals surface area (Å²) in [5.41, 5.74) is 2.07. The number of benzene rings is 2. The first-order chi connectivity index (χ1) is 12.8. The smallest absolute Gasteiger partial charge is 0.188 e. The predicted octanol–water partition coefficient (Wildman–Crippen LogP) is 4.06. The van der Waals surface area contributed by atoms with E-state index < -0.39 is 0 Å². The van der Waals surface area contributed by atoms with Gasteiger partial charge in [-0.05, 0) is 29.8 Å². The highest BCUT2D eigenvalue weighted by molar-refractivity contribution is 5.60. The molecule has 2 aromatic carbocycles. The minimum absolute atomic E-state index is 0.354. The van der Waals surface area contributed by atoms with E-state index in [0.29, 0.717) is 29.4 Å². The predicted molar refractivity (Wildman–Crippen MR) is 100 cm³/mol. The SMILES string of the molecule is Fc1ccccc1-c1nnc2ccc(NC/C=C/c3ccccc3)nn12. The van der Waals surface area contributed by atoms with Crippen LogP contribution in [0.1, 0.15) is 5.56 Å². The van der Waals surface area contributed by atoms with Crippen LogP contribution in [-0.2, 0) is 0 Å². The monoisotopic (exact) mass is 345 g/mol. The van der Waals surface area contributed by atoms with Crippen LogP contribution in [0.25, 0.3) is 23.1 Å². The Balaban J connectivity index is 1.55. The Kier molecular flexibility index (Phi) is 4.38. The van der Waals surface area contributed by atoms with Gasteiger partial charge in [0.15, 0.2) is 11.5 Å². The molecule has 0 amide bonds. The zero-order valence-electron chi connectivity index (χ0n) is 13.9. The molecule has 0 saturated carbocycles. The van der Waals surface area contributed by atoms with Gasteiger partial charge in [0.2, 0.25) is 0 Å². The van der Waals surface area contributed by atoms with Crippen molar-refractivity contribution in [1.82, 2.24) is 19.8 Å². The van der Waals surface area contributed by atoms with Crippen LogP contribution in [0.4, 0.5) is 10.2 Å². The molecule has 26 heavy (non-hydrogen) atoms. The van der Waals surface area contributed by atoms with Crippen molar-refractivity contribution in [2.75, 3.05) is 11.9 Å². The number of hydrogen-bond donors (Lipinski definition) is 1. The van der Waals surface area contributed by atoms with Crippen molar-refractivity contribution in [3.8, 4) is 11.4 Å². The van der Waals surface area contributed by atoms with Crippen molar-refractivity contribution in [3.63, 3.8) is 0 Å². The summed E-state index contributed by atoms with van der Waals surface area (Å²) in [6, 6.07) is 20.1. The van der Waals surface area contributed by atoms with E-state index in [9.17, 15) is 4.39 Å². The van der Waals surface area contributed by atoms with Gasteiger partial charge in [0.1, 0.15) is 11.6 Å². The quantitative estimate of drug-likeness (QED) is 0.593. The van der Waals surface area contributed by atoms with E-state index in [4.69, 9.17) is 0 Å². The van der Waals surface area contributed by atoms with Crippen molar-refractivity contribution < 1.29 is 4.39 Å². The van der Waals surface area contributed by atoms with E-state index in [1.165, 1.54) is 6.07 Å². The highest BCUT2D eigenvalue weighted by atomic mass is 19.1. The molecule has 1 N–H and O–H groups in total. The molecule has 0 saturated heterocycles. The fourth-order valence-corrected chi connectivity index (χ4v) is 2.62. The summed E-state index contributed by atoms with van der Waals surface area (Å²) in [6.45, 7) is 0.616. The lowest BCUT2D eigenvalue weighted by Crippen LogP contribution is -2.04. The third kappa shape index (κ3) is 3.30. The van der Waals surface area contributed by atoms with Crippen LogP contribution in [0.2, 0.25) is 0 Å². The molecule has 2 aromatic heterocycles. The van der Waals surface area contributed by atoms with Gasteiger partial charge in [-0.2, -0.15) is 4.52 Å². The average Bonchev–Trinajstić information content (AvgIpc) is 3.09. The molecule has 0 aliphatic heterocycles. The van der Waals surface area contributed by atoms with Crippen molar-refractivity contribution in [2.24, 2.45) is 0 Å². The summed E-state index contributed by atoms with van der Waals surface area (Å²) in [7, 11) is 0. The Bertz CT molecular complexity index is 1060. The summed E-state index contributed by atoms with van der Waals surface area (Å²) in [5.74, 6) is 0.682. The summed E-state index contributed by atoms with van der Waals surface area (Å²) >= 11 is 0. The Morgan fingerprint density at radius 3 is 2.58 bits per heavy atom. The van der Waals surface area contributed by atoms with Crippen LogP contribution in [0.5, 0.6) is 0 Å². The molecule has 4 aromatic rings. The minimum atomic E-state index is -0.354. The molecule has 5 nitrogen and oxygen atoms in total. The Morgan fingerprint density at radius 1 is 0.923 bits per heavy atom. The molecule has 0 bridgehead atoms. The van der Waals surface area contributed by atoms with Crippen molar-refractivity contribution in [1.29, 1.82) is 0 Å². The standard InChI is InChI=1S/C20H16FN5/c21-17-11-5-4-10-16(17)20-24-23-19-13-12-18(25-26(19)20)22-14-6-9-15-7-2-1-3-8-15/h1-13H,14H2,(H,22,25)/b9-6+. The third-order valence-electron chi connectivity index (χ3n) is 3.89. The van der Waals surface area contributed by atoms with Crippen LogP contribution >= 0.6 is 0 Å². The summed E-state index contributed by atoms with van der Waals surface area (Å²) in [4.78, 5) is 0. The van der Waals surface area contributed by atoms with Crippen LogP contribution < -0.4 is 5.32 Å². The number of fused-ring (bicyclic) bond motifs is 1. The number of anilines is 1. The molecule has 0 spiro atoms. The molecule has 2 heterocycles. The van der Waals surface area contributed by atoms with E-state index in [1.807, 2.05) is 48.6 Å². The Labute approximate surface area is 149 Å². The lowest BCUT2D eigenvalue weighted by molar-refractivity contribution is 0.629. The van der Waals surface area contributed by atoms with Gasteiger partial charge in [0.05, 0.1) is 5.56 Å². The van der Waals surface area contributed by atoms with E-state index in [-0.39, 0.29) is 5.82 Å². The molecule has 128 valence electrons. The van der Waals surface area contributed by atoms with Gasteiger partial charge < -0.3 is 5.32 Å². The topological polar surface area (TPSA) is 55.1 Å². The fourth-order valence-electron chi connectivity index (χ4n) is 2.62. The third-order valence-corrected chi connectivity index (χ3v) is 3.89. The molecule has 0 fully saturated rings. The summed E-state index contributed by atoms with van der Waals surface area (Å²) in [6.07, 6.45) is 4.06. The van der Waals surface area contributed by atoms with E-state index in [0.717, 1.165) is 5.56 Å². The molecule has 0 aliphatic rings. The van der Waals surface area contributed by atoms with E-state index in [1.54, 1.807) is 28.8 Å². The normalized spacial score (nSPS) is 11.3. The number of nitrogens with zero attached hydrogens (tertiary/aromatic N) is 4. The van der Waals surface area contributed by atoms with Crippen LogP contribution in [0.15, 0.2) is 72.8 Å². The second-order valence-corrected chi connectivity index (χ2v) is 5.69. The number of hydrogen-bond acceptors (Lipinski definition) is 4. The van der Waals surface area contributed by atoms with Crippen LogP contribution in [-0.4, -0.2) is 26.4 Å². The number of aromatic nitrogens is 4. The minimum Gasteiger partial charge on any atom is -0.365 e. The van der Waals surface area contributed by atoms with Gasteiger partial charge in [0, 0.05) is 6.54 Å². The Morgan fingerprint density at radius 2 is 1.73 bits per heavy atom. The Hall–Kier alpha value is -3.54. The molecular formula is C20H16FN5. The van der Waals surface area contributed by atoms with Gasteiger partial charge in [0.25, 0.3) is 0 Å². The van der Waals surface area contributed by atoms with E-state index in [2.05, 4.69) is 20.6 Å². The van der Waals surface area contributed by atoms with Crippen LogP contribution in [0, 0.1) is 5.82 Å². The van der Waals surface area contributed by atoms with Gasteiger partial charge in [-0.25, -0.2) is 4.39 Å².